The van der Waals surface area contributed by atoms with E-state index in [0.29, 0.717) is 29.3 Å². The van der Waals surface area contributed by atoms with Gasteiger partial charge in [0.2, 0.25) is 11.8 Å². The molecule has 14 nitrogen and oxygen atoms in total. The summed E-state index contributed by atoms with van der Waals surface area (Å²) in [6.07, 6.45) is 15.4. The Morgan fingerprint density at radius 3 is 1.78 bits per heavy atom. The van der Waals surface area contributed by atoms with Gasteiger partial charge < -0.3 is 40.9 Å². The van der Waals surface area contributed by atoms with Crippen molar-refractivity contribution in [3.63, 3.8) is 0 Å². The second kappa shape index (κ2) is 19.6. The van der Waals surface area contributed by atoms with Crippen molar-refractivity contribution in [1.29, 1.82) is 0 Å². The van der Waals surface area contributed by atoms with Crippen LogP contribution in [0.2, 0.25) is 0 Å². The van der Waals surface area contributed by atoms with Crippen LogP contribution in [-0.4, -0.2) is 85.2 Å². The summed E-state index contributed by atoms with van der Waals surface area (Å²) in [6.45, 7) is 1.96. The molecule has 0 fully saturated rings. The predicted molar refractivity (Wildman–Crippen MR) is 169 cm³/mol. The molecule has 0 bridgehead atoms. The van der Waals surface area contributed by atoms with E-state index in [1.165, 1.54) is 63.6 Å². The van der Waals surface area contributed by atoms with Gasteiger partial charge in [-0.05, 0) is 30.7 Å². The fourth-order valence-corrected chi connectivity index (χ4v) is 4.75. The second-order valence-corrected chi connectivity index (χ2v) is 11.1. The van der Waals surface area contributed by atoms with Gasteiger partial charge in [0.15, 0.2) is 0 Å². The SMILES string of the molecule is CCCCCCCCCCOc1ccc(C(=O)N[C@@H](Cc2cnc[nH]2)C(=O)N[C@@H](Cc2cnc[nH]2)C(=O)N[C@@H](CO)C(=O)O)cc1. The lowest BCUT2D eigenvalue weighted by atomic mass is 10.1. The van der Waals surface area contributed by atoms with Gasteiger partial charge in [-0.25, -0.2) is 14.8 Å². The van der Waals surface area contributed by atoms with Crippen molar-refractivity contribution in [2.75, 3.05) is 13.2 Å². The number of carboxylic acid groups (broad SMARTS) is 1. The quantitative estimate of drug-likeness (QED) is 0.0803. The van der Waals surface area contributed by atoms with Crippen molar-refractivity contribution >= 4 is 23.7 Å². The number of rotatable bonds is 22. The maximum Gasteiger partial charge on any atom is 0.328 e. The zero-order valence-electron chi connectivity index (χ0n) is 26.2. The minimum absolute atomic E-state index is 0.0319. The summed E-state index contributed by atoms with van der Waals surface area (Å²) in [6, 6.07) is 2.68. The fraction of sp³-hybridized carbons (Fsp3) is 0.500. The summed E-state index contributed by atoms with van der Waals surface area (Å²) in [7, 11) is 0. The number of carbonyl (C=O) groups excluding carboxylic acids is 3. The number of H-pyrrole nitrogens is 2. The molecule has 3 amide bonds. The number of aliphatic hydroxyl groups excluding tert-OH is 1. The average molecular weight is 640 g/mol. The van der Waals surface area contributed by atoms with Crippen LogP contribution in [0.15, 0.2) is 49.3 Å². The van der Waals surface area contributed by atoms with Crippen molar-refractivity contribution in [3.8, 4) is 5.75 Å². The number of nitrogens with one attached hydrogen (secondary N) is 5. The molecule has 3 atom stereocenters. The van der Waals surface area contributed by atoms with E-state index in [0.717, 1.165) is 12.8 Å². The van der Waals surface area contributed by atoms with Crippen molar-refractivity contribution in [1.82, 2.24) is 35.9 Å². The highest BCUT2D eigenvalue weighted by atomic mass is 16.5. The van der Waals surface area contributed by atoms with Crippen molar-refractivity contribution in [2.45, 2.75) is 89.3 Å². The van der Waals surface area contributed by atoms with Gasteiger partial charge in [-0.15, -0.1) is 0 Å². The molecular weight excluding hydrogens is 594 g/mol. The smallest absolute Gasteiger partial charge is 0.328 e. The summed E-state index contributed by atoms with van der Waals surface area (Å²) in [5.41, 5.74) is 1.36. The Balaban J connectivity index is 1.61. The van der Waals surface area contributed by atoms with Gasteiger partial charge in [-0.1, -0.05) is 51.9 Å². The van der Waals surface area contributed by atoms with E-state index in [2.05, 4.69) is 42.8 Å². The number of hydrogen-bond donors (Lipinski definition) is 7. The molecule has 0 saturated heterocycles. The van der Waals surface area contributed by atoms with Crippen LogP contribution in [0.25, 0.3) is 0 Å². The van der Waals surface area contributed by atoms with Crippen LogP contribution in [-0.2, 0) is 27.2 Å². The van der Waals surface area contributed by atoms with E-state index in [1.54, 1.807) is 24.3 Å². The Labute approximate surface area is 268 Å². The Bertz CT molecular complexity index is 1330. The number of aromatic amines is 2. The molecule has 0 aliphatic heterocycles. The number of ether oxygens (including phenoxy) is 1. The standard InChI is InChI=1S/C32H45N7O7/c1-2-3-4-5-6-7-8-9-14-46-25-12-10-22(11-13-25)29(41)37-26(15-23-17-33-20-35-23)30(42)38-27(16-24-18-34-21-36-24)31(43)39-28(19-40)32(44)45/h10-13,17-18,20-21,26-28,40H,2-9,14-16,19H2,1H3,(H,33,35)(H,34,36)(H,37,41)(H,38,42)(H,39,43)(H,44,45)/t26-,27-,28-/m0/s1. The van der Waals surface area contributed by atoms with Crippen LogP contribution in [0.5, 0.6) is 5.75 Å². The van der Waals surface area contributed by atoms with Crippen LogP contribution in [0.3, 0.4) is 0 Å². The molecule has 7 N–H and O–H groups in total. The number of aliphatic hydroxyl groups is 1. The molecule has 2 aromatic heterocycles. The number of aliphatic carboxylic acids is 1. The summed E-state index contributed by atoms with van der Waals surface area (Å²) < 4.78 is 5.83. The van der Waals surface area contributed by atoms with Gasteiger partial charge in [0.25, 0.3) is 5.91 Å². The highest BCUT2D eigenvalue weighted by Gasteiger charge is 2.30. The molecule has 46 heavy (non-hydrogen) atoms. The molecular formula is C32H45N7O7. The topological polar surface area (TPSA) is 211 Å². The molecule has 14 heteroatoms. The number of nitrogens with zero attached hydrogens (tertiary/aromatic N) is 2. The molecule has 1 aromatic carbocycles. The first-order chi connectivity index (χ1) is 22.3. The molecule has 0 radical (unpaired) electrons. The van der Waals surface area contributed by atoms with Crippen LogP contribution >= 0.6 is 0 Å². The number of aromatic nitrogens is 4. The number of hydrogen-bond acceptors (Lipinski definition) is 8. The molecule has 2 heterocycles. The van der Waals surface area contributed by atoms with Crippen LogP contribution in [0.1, 0.15) is 80.0 Å². The maximum atomic E-state index is 13.5. The molecule has 0 saturated carbocycles. The van der Waals surface area contributed by atoms with Crippen LogP contribution in [0, 0.1) is 0 Å². The minimum atomic E-state index is -1.57. The van der Waals surface area contributed by atoms with Gasteiger partial charge in [0.1, 0.15) is 23.9 Å². The Morgan fingerprint density at radius 2 is 1.28 bits per heavy atom. The van der Waals surface area contributed by atoms with E-state index in [9.17, 15) is 29.4 Å². The summed E-state index contributed by atoms with van der Waals surface area (Å²) in [5.74, 6) is -2.84. The third-order valence-electron chi connectivity index (χ3n) is 7.39. The largest absolute Gasteiger partial charge is 0.494 e. The van der Waals surface area contributed by atoms with E-state index in [-0.39, 0.29) is 12.8 Å². The van der Waals surface area contributed by atoms with Gasteiger partial charge in [0, 0.05) is 42.2 Å². The zero-order valence-corrected chi connectivity index (χ0v) is 26.2. The summed E-state index contributed by atoms with van der Waals surface area (Å²) in [4.78, 5) is 64.8. The van der Waals surface area contributed by atoms with Crippen LogP contribution in [0.4, 0.5) is 0 Å². The lowest BCUT2D eigenvalue weighted by molar-refractivity contribution is -0.143. The predicted octanol–water partition coefficient (Wildman–Crippen LogP) is 2.28. The molecule has 0 spiro atoms. The molecule has 0 aliphatic rings. The zero-order chi connectivity index (χ0) is 33.1. The third-order valence-corrected chi connectivity index (χ3v) is 7.39. The van der Waals surface area contributed by atoms with E-state index >= 15 is 0 Å². The first kappa shape index (κ1) is 35.8. The maximum absolute atomic E-state index is 13.5. The highest BCUT2D eigenvalue weighted by molar-refractivity contribution is 5.98. The van der Waals surface area contributed by atoms with E-state index in [1.807, 2.05) is 0 Å². The molecule has 250 valence electrons. The summed E-state index contributed by atoms with van der Waals surface area (Å²) in [5, 5.41) is 26.2. The first-order valence-electron chi connectivity index (χ1n) is 15.7. The van der Waals surface area contributed by atoms with Gasteiger partial charge >= 0.3 is 5.97 Å². The van der Waals surface area contributed by atoms with Gasteiger partial charge in [-0.3, -0.25) is 14.4 Å². The number of carboxylic acids is 1. The van der Waals surface area contributed by atoms with E-state index in [4.69, 9.17) is 4.74 Å². The fourth-order valence-electron chi connectivity index (χ4n) is 4.75. The first-order valence-corrected chi connectivity index (χ1v) is 15.7. The Morgan fingerprint density at radius 1 is 0.761 bits per heavy atom. The monoisotopic (exact) mass is 639 g/mol. The number of amides is 3. The number of imidazole rings is 2. The second-order valence-electron chi connectivity index (χ2n) is 11.1. The lowest BCUT2D eigenvalue weighted by Crippen LogP contribution is -2.57. The minimum Gasteiger partial charge on any atom is -0.494 e. The molecule has 3 aromatic rings. The third kappa shape index (κ3) is 12.3. The Kier molecular flexibility index (Phi) is 15.3. The Hall–Kier alpha value is -4.72. The molecule has 0 aliphatic carbocycles. The highest BCUT2D eigenvalue weighted by Crippen LogP contribution is 2.15. The van der Waals surface area contributed by atoms with Gasteiger partial charge in [0.05, 0.1) is 25.9 Å². The van der Waals surface area contributed by atoms with Crippen molar-refractivity contribution in [3.05, 3.63) is 66.3 Å². The summed E-state index contributed by atoms with van der Waals surface area (Å²) >= 11 is 0. The van der Waals surface area contributed by atoms with E-state index < -0.39 is 48.4 Å². The number of carbonyl (C=O) groups is 4. The van der Waals surface area contributed by atoms with Crippen molar-refractivity contribution < 1.29 is 34.1 Å². The molecule has 0 unspecified atom stereocenters. The van der Waals surface area contributed by atoms with Crippen molar-refractivity contribution in [2.24, 2.45) is 0 Å². The average Bonchev–Trinajstić information content (AvgIpc) is 3.77. The number of benzene rings is 1. The number of unbranched alkanes of at least 4 members (excludes halogenated alkanes) is 7. The normalized spacial score (nSPS) is 12.9. The van der Waals surface area contributed by atoms with Gasteiger partial charge in [-0.2, -0.15) is 0 Å². The van der Waals surface area contributed by atoms with Crippen LogP contribution < -0.4 is 20.7 Å². The molecule has 3 rings (SSSR count). The lowest BCUT2D eigenvalue weighted by Gasteiger charge is -2.24.